The molecular weight excluding hydrogens is 492 g/mol. The van der Waals surface area contributed by atoms with E-state index in [-0.39, 0.29) is 27.1 Å². The molecule has 0 unspecified atom stereocenters. The van der Waals surface area contributed by atoms with Crippen molar-refractivity contribution in [1.82, 2.24) is 0 Å². The molecule has 0 fully saturated rings. The van der Waals surface area contributed by atoms with E-state index >= 15 is 0 Å². The van der Waals surface area contributed by atoms with Gasteiger partial charge in [-0.15, -0.1) is 12.2 Å². The Labute approximate surface area is 155 Å². The normalized spacial score (nSPS) is 8.18. The predicted octanol–water partition coefficient (Wildman–Crippen LogP) is 4.37. The van der Waals surface area contributed by atoms with Gasteiger partial charge in [0.1, 0.15) is 12.4 Å². The molecule has 0 amide bonds. The van der Waals surface area contributed by atoms with E-state index in [1.807, 2.05) is 31.3 Å². The maximum atomic E-state index is 8.81. The van der Waals surface area contributed by atoms with Crippen molar-refractivity contribution >= 4 is 40.6 Å². The van der Waals surface area contributed by atoms with Crippen LogP contribution in [-0.2, 0) is 32.4 Å². The molecule has 0 aliphatic rings. The van der Waals surface area contributed by atoms with Gasteiger partial charge in [0, 0.05) is 33.8 Å². The molecule has 2 rings (SSSR count). The van der Waals surface area contributed by atoms with Crippen LogP contribution >= 0.6 is 22.9 Å². The molecule has 1 aromatic carbocycles. The van der Waals surface area contributed by atoms with E-state index in [0.29, 0.717) is 0 Å². The number of carbonyl (C=O) groups excluding carboxylic acids is 1. The number of aldehydes is 1. The molecule has 22 heavy (non-hydrogen) atoms. The van der Waals surface area contributed by atoms with E-state index in [0.717, 1.165) is 24.2 Å². The summed E-state index contributed by atoms with van der Waals surface area (Å²) >= 11 is 6.26. The Bertz CT molecular complexity index is 467. The quantitative estimate of drug-likeness (QED) is 0.473. The summed E-state index contributed by atoms with van der Waals surface area (Å²) in [6.45, 7) is 2.21. The molecule has 0 saturated carbocycles. The first-order valence-corrected chi connectivity index (χ1v) is 7.72. The number of anilines is 1. The zero-order chi connectivity index (χ0) is 15.9. The van der Waals surface area contributed by atoms with Gasteiger partial charge in [0.15, 0.2) is 0 Å². The number of nitrogens with one attached hydrogen (secondary N) is 1. The van der Waals surface area contributed by atoms with Crippen molar-refractivity contribution in [2.45, 2.75) is 13.5 Å². The summed E-state index contributed by atoms with van der Waals surface area (Å²) < 4.78 is 0. The van der Waals surface area contributed by atoms with E-state index in [1.165, 1.54) is 12.5 Å². The minimum absolute atomic E-state index is 0. The Kier molecular flexibility index (Phi) is 17.5. The second kappa shape index (κ2) is 16.5. The number of alkyl halides is 1. The van der Waals surface area contributed by atoms with Crippen LogP contribution in [0.1, 0.15) is 12.5 Å². The minimum Gasteiger partial charge on any atom is -0.681 e. The van der Waals surface area contributed by atoms with E-state index in [9.17, 15) is 0 Å². The Morgan fingerprint density at radius 1 is 1.32 bits per heavy atom. The summed E-state index contributed by atoms with van der Waals surface area (Å²) in [5.74, 6) is 0. The molecular formula is C15H20ClN2O2SW-. The van der Waals surface area contributed by atoms with Crippen LogP contribution in [0.3, 0.4) is 0 Å². The van der Waals surface area contributed by atoms with Crippen LogP contribution in [0.2, 0.25) is 0 Å². The smallest absolute Gasteiger partial charge is 0.117 e. The number of rotatable bonds is 4. The first kappa shape index (κ1) is 23.4. The average Bonchev–Trinajstić information content (AvgIpc) is 3.01. The molecule has 0 spiro atoms. The molecule has 0 aliphatic heterocycles. The monoisotopic (exact) mass is 511 g/mol. The standard InChI is InChI=1S/C12H13N2S.C2H4O.CH3ClO.W/c1-13-11-2-4-12(5-3-11)14-8-10-6-7-15-9-10;1-2-3;2-1-3;/h2-7,9,13H,8H2,1H3;2H,1H3;3H,1H2;/q-1;;;. The van der Waals surface area contributed by atoms with Crippen molar-refractivity contribution in [3.63, 3.8) is 0 Å². The van der Waals surface area contributed by atoms with Gasteiger partial charge < -0.3 is 20.5 Å². The Morgan fingerprint density at radius 2 is 1.86 bits per heavy atom. The summed E-state index contributed by atoms with van der Waals surface area (Å²) in [5, 5.41) is 19.1. The third-order valence-electron chi connectivity index (χ3n) is 2.18. The topological polar surface area (TPSA) is 63.4 Å². The molecule has 0 aliphatic carbocycles. The SMILES string of the molecule is CC=O.CNc1ccc([N-]Cc2ccsc2)cc1.OCCl.[W]. The summed E-state index contributed by atoms with van der Waals surface area (Å²) in [6.07, 6.45) is 0.750. The number of benzene rings is 1. The molecule has 0 radical (unpaired) electrons. The molecule has 0 atom stereocenters. The van der Waals surface area contributed by atoms with Crippen molar-refractivity contribution < 1.29 is 31.0 Å². The molecule has 122 valence electrons. The fourth-order valence-corrected chi connectivity index (χ4v) is 1.96. The first-order chi connectivity index (χ1) is 10.2. The van der Waals surface area contributed by atoms with Gasteiger partial charge in [-0.2, -0.15) is 11.3 Å². The predicted molar refractivity (Wildman–Crippen MR) is 91.7 cm³/mol. The summed E-state index contributed by atoms with van der Waals surface area (Å²) in [4.78, 5) is 8.81. The van der Waals surface area contributed by atoms with Gasteiger partial charge in [-0.25, -0.2) is 0 Å². The number of hydrogen-bond acceptors (Lipinski definition) is 4. The van der Waals surface area contributed by atoms with Crippen LogP contribution in [-0.4, -0.2) is 24.5 Å². The number of aliphatic hydroxyl groups is 1. The van der Waals surface area contributed by atoms with Gasteiger partial charge in [0.05, 0.1) is 0 Å². The second-order valence-corrected chi connectivity index (χ2v) is 4.62. The zero-order valence-electron chi connectivity index (χ0n) is 12.5. The third-order valence-corrected chi connectivity index (χ3v) is 2.91. The molecule has 0 saturated heterocycles. The molecule has 0 bridgehead atoms. The Hall–Kier alpha value is -0.872. The number of hydrogen-bond donors (Lipinski definition) is 2. The summed E-state index contributed by atoms with van der Waals surface area (Å²) in [6, 6.07) is 9.95. The van der Waals surface area contributed by atoms with Crippen molar-refractivity contribution in [1.29, 1.82) is 0 Å². The fraction of sp³-hybridized carbons (Fsp3) is 0.267. The van der Waals surface area contributed by atoms with Crippen LogP contribution in [0, 0.1) is 0 Å². The number of aliphatic hydroxyl groups excluding tert-OH is 1. The van der Waals surface area contributed by atoms with E-state index in [2.05, 4.69) is 39.1 Å². The van der Waals surface area contributed by atoms with Gasteiger partial charge in [-0.3, -0.25) is 0 Å². The summed E-state index contributed by atoms with van der Waals surface area (Å²) in [5.41, 5.74) is 3.42. The number of thiophene rings is 1. The molecule has 1 heterocycles. The van der Waals surface area contributed by atoms with E-state index < -0.39 is 0 Å². The molecule has 2 aromatic rings. The Morgan fingerprint density at radius 3 is 2.27 bits per heavy atom. The second-order valence-electron chi connectivity index (χ2n) is 3.60. The maximum absolute atomic E-state index is 8.81. The molecule has 4 nitrogen and oxygen atoms in total. The van der Waals surface area contributed by atoms with E-state index in [1.54, 1.807) is 11.3 Å². The maximum Gasteiger partial charge on any atom is 0.117 e. The van der Waals surface area contributed by atoms with Crippen molar-refractivity contribution in [2.75, 3.05) is 18.4 Å². The van der Waals surface area contributed by atoms with E-state index in [4.69, 9.17) is 9.90 Å². The van der Waals surface area contributed by atoms with Crippen LogP contribution in [0.5, 0.6) is 0 Å². The Balaban J connectivity index is 0. The van der Waals surface area contributed by atoms with Crippen molar-refractivity contribution in [3.05, 3.63) is 52.0 Å². The number of halogens is 1. The van der Waals surface area contributed by atoms with Gasteiger partial charge in [0.25, 0.3) is 0 Å². The van der Waals surface area contributed by atoms with Gasteiger partial charge in [-0.05, 0) is 35.9 Å². The minimum atomic E-state index is -0.278. The van der Waals surface area contributed by atoms with Gasteiger partial charge >= 0.3 is 0 Å². The van der Waals surface area contributed by atoms with Crippen LogP contribution < -0.4 is 5.32 Å². The summed E-state index contributed by atoms with van der Waals surface area (Å²) in [7, 11) is 1.91. The first-order valence-electron chi connectivity index (χ1n) is 6.24. The van der Waals surface area contributed by atoms with Crippen LogP contribution in [0.25, 0.3) is 5.32 Å². The number of nitrogens with zero attached hydrogens (tertiary/aromatic N) is 1. The van der Waals surface area contributed by atoms with Crippen LogP contribution in [0.15, 0.2) is 41.1 Å². The third kappa shape index (κ3) is 11.8. The van der Waals surface area contributed by atoms with Crippen molar-refractivity contribution in [2.24, 2.45) is 0 Å². The van der Waals surface area contributed by atoms with Crippen molar-refractivity contribution in [3.8, 4) is 0 Å². The van der Waals surface area contributed by atoms with Crippen LogP contribution in [0.4, 0.5) is 11.4 Å². The zero-order valence-corrected chi connectivity index (χ0v) is 17.0. The average molecular weight is 512 g/mol. The molecule has 1 aromatic heterocycles. The molecule has 7 heteroatoms. The molecule has 2 N–H and O–H groups in total. The largest absolute Gasteiger partial charge is 0.681 e. The fourth-order valence-electron chi connectivity index (χ4n) is 1.30. The van der Waals surface area contributed by atoms with Gasteiger partial charge in [-0.1, -0.05) is 29.3 Å². The van der Waals surface area contributed by atoms with Gasteiger partial charge in [0.2, 0.25) is 0 Å². The number of carbonyl (C=O) groups is 1.